The summed E-state index contributed by atoms with van der Waals surface area (Å²) in [5.74, 6) is 0.167. The number of sulfone groups is 1. The maximum atomic E-state index is 12.1. The Labute approximate surface area is 160 Å². The van der Waals surface area contributed by atoms with E-state index >= 15 is 0 Å². The molecule has 0 radical (unpaired) electrons. The van der Waals surface area contributed by atoms with Crippen molar-refractivity contribution in [2.75, 3.05) is 5.75 Å². The molecule has 4 aromatic rings. The van der Waals surface area contributed by atoms with Crippen LogP contribution in [0.3, 0.4) is 0 Å². The fourth-order valence-electron chi connectivity index (χ4n) is 3.00. The largest absolute Gasteiger partial charge is 0.494 e. The molecular weight excluding hydrogens is 382 g/mol. The Morgan fingerprint density at radius 1 is 1.22 bits per heavy atom. The van der Waals surface area contributed by atoms with Crippen molar-refractivity contribution in [1.82, 2.24) is 9.97 Å². The van der Waals surface area contributed by atoms with Crippen molar-refractivity contribution in [3.63, 3.8) is 0 Å². The number of hydrogen-bond donors (Lipinski definition) is 2. The highest BCUT2D eigenvalue weighted by molar-refractivity contribution is 7.91. The molecule has 0 aliphatic rings. The zero-order valence-corrected chi connectivity index (χ0v) is 16.1. The number of nitrogens with zero attached hydrogens (tertiary/aromatic N) is 2. The molecule has 0 spiro atoms. The number of aromatic nitrogens is 2. The lowest BCUT2D eigenvalue weighted by molar-refractivity contribution is 0.457. The second-order valence-corrected chi connectivity index (χ2v) is 9.11. The molecule has 27 heavy (non-hydrogen) atoms. The fourth-order valence-corrected chi connectivity index (χ4v) is 5.18. The maximum Gasteiger partial charge on any atom is 0.198 e. The van der Waals surface area contributed by atoms with Crippen LogP contribution >= 0.6 is 11.3 Å². The molecule has 0 fully saturated rings. The first kappa shape index (κ1) is 17.7. The SMILES string of the molecule is CCCS(=O)(=O)c1ccc(N=Cc2c(O)[nH]c3ccc4ncsc4c23)cc1. The zero-order chi connectivity index (χ0) is 19.0. The molecule has 2 heterocycles. The second-order valence-electron chi connectivity index (χ2n) is 6.15. The number of thiazole rings is 1. The minimum absolute atomic E-state index is 0.0387. The van der Waals surface area contributed by atoms with Crippen LogP contribution in [-0.2, 0) is 9.84 Å². The average molecular weight is 399 g/mol. The van der Waals surface area contributed by atoms with E-state index in [2.05, 4.69) is 15.0 Å². The van der Waals surface area contributed by atoms with E-state index < -0.39 is 9.84 Å². The predicted octanol–water partition coefficient (Wildman–Crippen LogP) is 4.42. The monoisotopic (exact) mass is 399 g/mol. The van der Waals surface area contributed by atoms with E-state index in [0.29, 0.717) is 22.6 Å². The van der Waals surface area contributed by atoms with Crippen molar-refractivity contribution in [2.24, 2.45) is 4.99 Å². The maximum absolute atomic E-state index is 12.1. The summed E-state index contributed by atoms with van der Waals surface area (Å²) in [7, 11) is -3.24. The van der Waals surface area contributed by atoms with Gasteiger partial charge in [-0.25, -0.2) is 13.4 Å². The first-order valence-electron chi connectivity index (χ1n) is 8.43. The Morgan fingerprint density at radius 3 is 2.74 bits per heavy atom. The summed E-state index contributed by atoms with van der Waals surface area (Å²) in [5, 5.41) is 11.2. The van der Waals surface area contributed by atoms with Crippen molar-refractivity contribution >= 4 is 54.2 Å². The number of aromatic amines is 1. The van der Waals surface area contributed by atoms with Gasteiger partial charge in [-0.3, -0.25) is 4.99 Å². The third-order valence-electron chi connectivity index (χ3n) is 4.29. The molecule has 2 aromatic carbocycles. The number of H-pyrrole nitrogens is 1. The van der Waals surface area contributed by atoms with Crippen LogP contribution in [0.5, 0.6) is 5.88 Å². The first-order chi connectivity index (χ1) is 13.0. The number of hydrogen-bond acceptors (Lipinski definition) is 6. The predicted molar refractivity (Wildman–Crippen MR) is 109 cm³/mol. The highest BCUT2D eigenvalue weighted by Gasteiger charge is 2.14. The zero-order valence-electron chi connectivity index (χ0n) is 14.5. The van der Waals surface area contributed by atoms with E-state index in [1.165, 1.54) is 11.3 Å². The van der Waals surface area contributed by atoms with Crippen LogP contribution in [0.4, 0.5) is 5.69 Å². The van der Waals surface area contributed by atoms with Crippen molar-refractivity contribution in [2.45, 2.75) is 18.2 Å². The van der Waals surface area contributed by atoms with Crippen LogP contribution in [0.2, 0.25) is 0 Å². The summed E-state index contributed by atoms with van der Waals surface area (Å²) in [6.07, 6.45) is 2.16. The van der Waals surface area contributed by atoms with E-state index in [-0.39, 0.29) is 11.6 Å². The third-order valence-corrected chi connectivity index (χ3v) is 7.08. The molecule has 138 valence electrons. The number of aliphatic imine (C=N–C) groups is 1. The Bertz CT molecular complexity index is 1250. The summed E-state index contributed by atoms with van der Waals surface area (Å²) in [6.45, 7) is 1.84. The molecule has 0 unspecified atom stereocenters. The van der Waals surface area contributed by atoms with Gasteiger partial charge in [0, 0.05) is 11.6 Å². The minimum Gasteiger partial charge on any atom is -0.494 e. The van der Waals surface area contributed by atoms with Gasteiger partial charge in [0.2, 0.25) is 0 Å². The molecule has 0 bridgehead atoms. The van der Waals surface area contributed by atoms with Crippen LogP contribution in [0, 0.1) is 0 Å². The first-order valence-corrected chi connectivity index (χ1v) is 11.0. The molecule has 0 saturated heterocycles. The van der Waals surface area contributed by atoms with E-state index in [1.54, 1.807) is 36.0 Å². The topological polar surface area (TPSA) is 95.4 Å². The molecule has 2 N–H and O–H groups in total. The van der Waals surface area contributed by atoms with Crippen molar-refractivity contribution in [1.29, 1.82) is 0 Å². The number of rotatable bonds is 5. The Kier molecular flexibility index (Phi) is 4.45. The summed E-state index contributed by atoms with van der Waals surface area (Å²) >= 11 is 1.50. The van der Waals surface area contributed by atoms with Crippen molar-refractivity contribution in [3.05, 3.63) is 47.5 Å². The molecular formula is C19H17N3O3S2. The number of aromatic hydroxyl groups is 1. The molecule has 0 atom stereocenters. The van der Waals surface area contributed by atoms with Crippen LogP contribution < -0.4 is 0 Å². The van der Waals surface area contributed by atoms with E-state index in [9.17, 15) is 13.5 Å². The minimum atomic E-state index is -3.24. The Hall–Kier alpha value is -2.71. The molecule has 0 aliphatic carbocycles. The van der Waals surface area contributed by atoms with E-state index in [1.807, 2.05) is 19.1 Å². The summed E-state index contributed by atoms with van der Waals surface area (Å²) in [4.78, 5) is 12.0. The van der Waals surface area contributed by atoms with Gasteiger partial charge in [0.05, 0.1) is 43.1 Å². The Balaban J connectivity index is 1.71. The summed E-state index contributed by atoms with van der Waals surface area (Å²) in [5.41, 5.74) is 4.64. The summed E-state index contributed by atoms with van der Waals surface area (Å²) < 4.78 is 25.2. The van der Waals surface area contributed by atoms with Gasteiger partial charge in [0.25, 0.3) is 0 Å². The lowest BCUT2D eigenvalue weighted by Gasteiger charge is -2.02. The number of fused-ring (bicyclic) bond motifs is 3. The molecule has 6 nitrogen and oxygen atoms in total. The highest BCUT2D eigenvalue weighted by atomic mass is 32.2. The molecule has 2 aromatic heterocycles. The fraction of sp³-hybridized carbons (Fsp3) is 0.158. The van der Waals surface area contributed by atoms with Crippen molar-refractivity contribution in [3.8, 4) is 5.88 Å². The standard InChI is InChI=1S/C19H17N3O3S2/c1-2-9-27(24,25)13-5-3-12(4-6-13)20-10-14-17-15(22-19(14)23)7-8-16-18(17)26-11-21-16/h3-8,10-11,22-23H,2,9H2,1H3. The number of benzene rings is 2. The van der Waals surface area contributed by atoms with Gasteiger partial charge in [-0.2, -0.15) is 0 Å². The molecule has 0 aliphatic heterocycles. The molecule has 4 rings (SSSR count). The van der Waals surface area contributed by atoms with Gasteiger partial charge in [-0.05, 0) is 42.8 Å². The van der Waals surface area contributed by atoms with Gasteiger partial charge in [0.15, 0.2) is 15.7 Å². The van der Waals surface area contributed by atoms with Crippen LogP contribution in [-0.4, -0.2) is 35.5 Å². The molecule has 8 heteroatoms. The lowest BCUT2D eigenvalue weighted by Crippen LogP contribution is -2.05. The second kappa shape index (κ2) is 6.79. The highest BCUT2D eigenvalue weighted by Crippen LogP contribution is 2.34. The van der Waals surface area contributed by atoms with Gasteiger partial charge in [-0.15, -0.1) is 11.3 Å². The van der Waals surface area contributed by atoms with Crippen molar-refractivity contribution < 1.29 is 13.5 Å². The van der Waals surface area contributed by atoms with Gasteiger partial charge < -0.3 is 10.1 Å². The third kappa shape index (κ3) is 3.22. The number of nitrogens with one attached hydrogen (secondary N) is 1. The van der Waals surface area contributed by atoms with Crippen LogP contribution in [0.25, 0.3) is 21.1 Å². The smallest absolute Gasteiger partial charge is 0.198 e. The average Bonchev–Trinajstić information content (AvgIpc) is 3.23. The molecule has 0 amide bonds. The van der Waals surface area contributed by atoms with Gasteiger partial charge >= 0.3 is 0 Å². The normalized spacial score (nSPS) is 12.5. The van der Waals surface area contributed by atoms with Gasteiger partial charge in [0.1, 0.15) is 0 Å². The quantitative estimate of drug-likeness (QED) is 0.486. The summed E-state index contributed by atoms with van der Waals surface area (Å²) in [6, 6.07) is 10.2. The van der Waals surface area contributed by atoms with E-state index in [4.69, 9.17) is 0 Å². The molecule has 0 saturated carbocycles. The Morgan fingerprint density at radius 2 is 2.00 bits per heavy atom. The van der Waals surface area contributed by atoms with Crippen LogP contribution in [0.1, 0.15) is 18.9 Å². The van der Waals surface area contributed by atoms with Crippen LogP contribution in [0.15, 0.2) is 51.8 Å². The van der Waals surface area contributed by atoms with E-state index in [0.717, 1.165) is 21.1 Å². The van der Waals surface area contributed by atoms with Gasteiger partial charge in [-0.1, -0.05) is 6.92 Å². The lowest BCUT2D eigenvalue weighted by atomic mass is 10.1.